The minimum Gasteiger partial charge on any atom is -0.481 e. The molecular formula is C16H30N2O2. The Kier molecular flexibility index (Phi) is 5.08. The predicted molar refractivity (Wildman–Crippen MR) is 80.9 cm³/mol. The first-order chi connectivity index (χ1) is 9.48. The van der Waals surface area contributed by atoms with E-state index in [0.717, 1.165) is 51.9 Å². The van der Waals surface area contributed by atoms with Crippen molar-refractivity contribution in [3.8, 4) is 0 Å². The second kappa shape index (κ2) is 6.44. The predicted octanol–water partition coefficient (Wildman–Crippen LogP) is 2.44. The van der Waals surface area contributed by atoms with E-state index in [4.69, 9.17) is 0 Å². The van der Waals surface area contributed by atoms with Gasteiger partial charge in [0.2, 0.25) is 0 Å². The highest BCUT2D eigenvalue weighted by Gasteiger charge is 2.44. The fourth-order valence-electron chi connectivity index (χ4n) is 3.98. The quantitative estimate of drug-likeness (QED) is 0.841. The molecule has 2 atom stereocenters. The Morgan fingerprint density at radius 1 is 1.40 bits per heavy atom. The summed E-state index contributed by atoms with van der Waals surface area (Å²) in [7, 11) is 0. The van der Waals surface area contributed by atoms with Crippen molar-refractivity contribution in [3.05, 3.63) is 0 Å². The molecule has 2 rings (SSSR count). The number of nitrogens with zero attached hydrogens (tertiary/aromatic N) is 2. The maximum absolute atomic E-state index is 11.8. The van der Waals surface area contributed by atoms with Gasteiger partial charge in [0.05, 0.1) is 5.41 Å². The van der Waals surface area contributed by atoms with E-state index < -0.39 is 11.4 Å². The first-order valence-electron chi connectivity index (χ1n) is 8.20. The Labute approximate surface area is 123 Å². The summed E-state index contributed by atoms with van der Waals surface area (Å²) in [5.41, 5.74) is -0.488. The molecule has 2 heterocycles. The summed E-state index contributed by atoms with van der Waals surface area (Å²) in [6.07, 6.45) is 4.86. The number of hydrogen-bond donors (Lipinski definition) is 1. The molecule has 0 aromatic carbocycles. The number of rotatable bonds is 5. The van der Waals surface area contributed by atoms with E-state index in [1.807, 2.05) is 0 Å². The number of carboxylic acid groups (broad SMARTS) is 1. The van der Waals surface area contributed by atoms with Crippen LogP contribution in [0.2, 0.25) is 0 Å². The molecule has 116 valence electrons. The van der Waals surface area contributed by atoms with Gasteiger partial charge in [-0.3, -0.25) is 14.6 Å². The maximum Gasteiger partial charge on any atom is 0.310 e. The van der Waals surface area contributed by atoms with E-state index in [2.05, 4.69) is 30.6 Å². The number of likely N-dealkylation sites (tertiary alicyclic amines) is 2. The van der Waals surface area contributed by atoms with Crippen molar-refractivity contribution in [2.45, 2.75) is 65.0 Å². The SMILES string of the molecule is CCCC1(C(=O)O)CCCN(C2CCN(C(C)C)C2)C1. The summed E-state index contributed by atoms with van der Waals surface area (Å²) in [5, 5.41) is 9.68. The summed E-state index contributed by atoms with van der Waals surface area (Å²) < 4.78 is 0. The number of piperidine rings is 1. The molecule has 0 radical (unpaired) electrons. The second-order valence-electron chi connectivity index (χ2n) is 6.94. The molecule has 4 heteroatoms. The summed E-state index contributed by atoms with van der Waals surface area (Å²) in [6, 6.07) is 1.16. The molecule has 20 heavy (non-hydrogen) atoms. The Hall–Kier alpha value is -0.610. The van der Waals surface area contributed by atoms with E-state index in [0.29, 0.717) is 12.1 Å². The highest BCUT2D eigenvalue weighted by atomic mass is 16.4. The average molecular weight is 282 g/mol. The van der Waals surface area contributed by atoms with Crippen molar-refractivity contribution >= 4 is 5.97 Å². The summed E-state index contributed by atoms with van der Waals surface area (Å²) in [4.78, 5) is 16.7. The molecule has 2 aliphatic heterocycles. The van der Waals surface area contributed by atoms with Crippen molar-refractivity contribution in [2.75, 3.05) is 26.2 Å². The first-order valence-corrected chi connectivity index (χ1v) is 8.20. The molecule has 0 aromatic rings. The molecule has 4 nitrogen and oxygen atoms in total. The van der Waals surface area contributed by atoms with E-state index in [1.54, 1.807) is 0 Å². The Bertz CT molecular complexity index is 341. The average Bonchev–Trinajstić information content (AvgIpc) is 2.89. The molecule has 2 fully saturated rings. The van der Waals surface area contributed by atoms with Crippen LogP contribution in [0, 0.1) is 5.41 Å². The van der Waals surface area contributed by atoms with E-state index in [-0.39, 0.29) is 0 Å². The fourth-order valence-corrected chi connectivity index (χ4v) is 3.98. The Balaban J connectivity index is 2.01. The lowest BCUT2D eigenvalue weighted by Gasteiger charge is -2.42. The van der Waals surface area contributed by atoms with Crippen molar-refractivity contribution in [2.24, 2.45) is 5.41 Å². The third-order valence-corrected chi connectivity index (χ3v) is 5.23. The summed E-state index contributed by atoms with van der Waals surface area (Å²) in [5.74, 6) is -0.581. The number of hydrogen-bond acceptors (Lipinski definition) is 3. The largest absolute Gasteiger partial charge is 0.481 e. The zero-order chi connectivity index (χ0) is 14.8. The van der Waals surface area contributed by atoms with Crippen LogP contribution >= 0.6 is 0 Å². The van der Waals surface area contributed by atoms with Crippen LogP contribution in [0.25, 0.3) is 0 Å². The van der Waals surface area contributed by atoms with Gasteiger partial charge in [0.1, 0.15) is 0 Å². The van der Waals surface area contributed by atoms with Gasteiger partial charge >= 0.3 is 5.97 Å². The first kappa shape index (κ1) is 15.8. The van der Waals surface area contributed by atoms with Crippen LogP contribution in [0.3, 0.4) is 0 Å². The third-order valence-electron chi connectivity index (χ3n) is 5.23. The molecule has 2 unspecified atom stereocenters. The fraction of sp³-hybridized carbons (Fsp3) is 0.938. The molecule has 0 amide bonds. The lowest BCUT2D eigenvalue weighted by atomic mass is 9.76. The van der Waals surface area contributed by atoms with Crippen LogP contribution in [0.1, 0.15) is 52.9 Å². The molecule has 2 saturated heterocycles. The van der Waals surface area contributed by atoms with Crippen LogP contribution in [-0.2, 0) is 4.79 Å². The molecule has 1 N–H and O–H groups in total. The van der Waals surface area contributed by atoms with Gasteiger partial charge in [-0.15, -0.1) is 0 Å². The lowest BCUT2D eigenvalue weighted by Crippen LogP contribution is -2.52. The molecule has 0 spiro atoms. The maximum atomic E-state index is 11.8. The molecule has 0 bridgehead atoms. The van der Waals surface area contributed by atoms with Crippen LogP contribution in [-0.4, -0.2) is 59.1 Å². The van der Waals surface area contributed by atoms with Crippen LogP contribution in [0.5, 0.6) is 0 Å². The Morgan fingerprint density at radius 3 is 2.70 bits per heavy atom. The molecule has 2 aliphatic rings. The van der Waals surface area contributed by atoms with Crippen molar-refractivity contribution < 1.29 is 9.90 Å². The normalized spacial score (nSPS) is 32.9. The van der Waals surface area contributed by atoms with Gasteiger partial charge < -0.3 is 5.11 Å². The molecule has 0 aliphatic carbocycles. The van der Waals surface area contributed by atoms with E-state index in [9.17, 15) is 9.90 Å². The minimum atomic E-state index is -0.581. The zero-order valence-electron chi connectivity index (χ0n) is 13.3. The van der Waals surface area contributed by atoms with Gasteiger partial charge in [-0.1, -0.05) is 13.3 Å². The number of carboxylic acids is 1. The topological polar surface area (TPSA) is 43.8 Å². The van der Waals surface area contributed by atoms with Crippen molar-refractivity contribution in [1.29, 1.82) is 0 Å². The smallest absolute Gasteiger partial charge is 0.310 e. The monoisotopic (exact) mass is 282 g/mol. The van der Waals surface area contributed by atoms with Gasteiger partial charge in [-0.05, 0) is 46.1 Å². The lowest BCUT2D eigenvalue weighted by molar-refractivity contribution is -0.153. The Morgan fingerprint density at radius 2 is 2.15 bits per heavy atom. The summed E-state index contributed by atoms with van der Waals surface area (Å²) in [6.45, 7) is 10.7. The molecule has 0 saturated carbocycles. The highest BCUT2D eigenvalue weighted by molar-refractivity contribution is 5.75. The molecular weight excluding hydrogens is 252 g/mol. The van der Waals surface area contributed by atoms with Gasteiger partial charge in [-0.2, -0.15) is 0 Å². The van der Waals surface area contributed by atoms with Gasteiger partial charge in [0, 0.05) is 31.7 Å². The molecule has 0 aromatic heterocycles. The van der Waals surface area contributed by atoms with Gasteiger partial charge in [0.15, 0.2) is 0 Å². The standard InChI is InChI=1S/C16H30N2O2/c1-4-7-16(15(19)20)8-5-9-18(12-16)14-6-10-17(11-14)13(2)3/h13-14H,4-12H2,1-3H3,(H,19,20). The van der Waals surface area contributed by atoms with E-state index in [1.165, 1.54) is 6.42 Å². The number of aliphatic carboxylic acids is 1. The zero-order valence-corrected chi connectivity index (χ0v) is 13.3. The number of carbonyl (C=O) groups is 1. The summed E-state index contributed by atoms with van der Waals surface area (Å²) >= 11 is 0. The second-order valence-corrected chi connectivity index (χ2v) is 6.94. The van der Waals surface area contributed by atoms with E-state index >= 15 is 0 Å². The minimum absolute atomic E-state index is 0.488. The third kappa shape index (κ3) is 3.17. The van der Waals surface area contributed by atoms with Crippen molar-refractivity contribution in [1.82, 2.24) is 9.80 Å². The van der Waals surface area contributed by atoms with Gasteiger partial charge in [0.25, 0.3) is 0 Å². The van der Waals surface area contributed by atoms with Gasteiger partial charge in [-0.25, -0.2) is 0 Å². The van der Waals surface area contributed by atoms with Crippen LogP contribution in [0.15, 0.2) is 0 Å². The van der Waals surface area contributed by atoms with Crippen LogP contribution < -0.4 is 0 Å². The van der Waals surface area contributed by atoms with Crippen LogP contribution in [0.4, 0.5) is 0 Å². The highest BCUT2D eigenvalue weighted by Crippen LogP contribution is 2.37. The van der Waals surface area contributed by atoms with Crippen molar-refractivity contribution in [3.63, 3.8) is 0 Å².